The van der Waals surface area contributed by atoms with Crippen molar-refractivity contribution in [3.63, 3.8) is 0 Å². The summed E-state index contributed by atoms with van der Waals surface area (Å²) >= 11 is 0. The van der Waals surface area contributed by atoms with E-state index in [2.05, 4.69) is 5.32 Å². The van der Waals surface area contributed by atoms with Gasteiger partial charge >= 0.3 is 21.4 Å². The highest BCUT2D eigenvalue weighted by Gasteiger charge is 2.58. The highest BCUT2D eigenvalue weighted by molar-refractivity contribution is 7.88. The summed E-state index contributed by atoms with van der Waals surface area (Å²) in [5.41, 5.74) is -0.764. The summed E-state index contributed by atoms with van der Waals surface area (Å²) in [7, 11) is -6.23. The molecule has 0 saturated heterocycles. The molecule has 4 bridgehead atoms. The molecule has 0 aromatic carbocycles. The molecule has 114 valence electrons. The van der Waals surface area contributed by atoms with Crippen molar-refractivity contribution in [1.29, 1.82) is 0 Å². The quantitative estimate of drug-likeness (QED) is 0.811. The topological polar surface area (TPSA) is 63.2 Å². The van der Waals surface area contributed by atoms with E-state index >= 15 is 0 Å². The predicted molar refractivity (Wildman–Crippen MR) is 64.0 cm³/mol. The van der Waals surface area contributed by atoms with Gasteiger partial charge in [-0.15, -0.1) is 0 Å². The lowest BCUT2D eigenvalue weighted by Gasteiger charge is -2.56. The minimum absolute atomic E-state index is 0.400. The summed E-state index contributed by atoms with van der Waals surface area (Å²) in [6.45, 7) is 0. The first-order chi connectivity index (χ1) is 9.11. The zero-order chi connectivity index (χ0) is 14.8. The maximum absolute atomic E-state index is 13.2. The van der Waals surface area contributed by atoms with Gasteiger partial charge in [0.1, 0.15) is 0 Å². The van der Waals surface area contributed by atoms with Crippen LogP contribution in [0.4, 0.5) is 12.7 Å². The van der Waals surface area contributed by atoms with Gasteiger partial charge in [0, 0.05) is 5.54 Å². The van der Waals surface area contributed by atoms with Gasteiger partial charge in [-0.1, -0.05) is 3.89 Å². The molecule has 4 nitrogen and oxygen atoms in total. The molecular weight excluding hydrogens is 295 g/mol. The Hall–Kier alpha value is -0.790. The van der Waals surface area contributed by atoms with Crippen molar-refractivity contribution in [2.75, 3.05) is 0 Å². The van der Waals surface area contributed by atoms with Gasteiger partial charge in [0.15, 0.2) is 0 Å². The van der Waals surface area contributed by atoms with Gasteiger partial charge in [0.25, 0.3) is 0 Å². The average molecular weight is 311 g/mol. The van der Waals surface area contributed by atoms with Crippen LogP contribution in [0.2, 0.25) is 0 Å². The molecule has 4 aliphatic carbocycles. The van der Waals surface area contributed by atoms with Crippen LogP contribution in [-0.4, -0.2) is 25.1 Å². The molecule has 0 aromatic rings. The van der Waals surface area contributed by atoms with Gasteiger partial charge in [-0.2, -0.15) is 17.2 Å². The van der Waals surface area contributed by atoms with Gasteiger partial charge in [-0.25, -0.2) is 0 Å². The Morgan fingerprint density at radius 1 is 1.05 bits per heavy atom. The van der Waals surface area contributed by atoms with Crippen molar-refractivity contribution < 1.29 is 25.9 Å². The first kappa shape index (κ1) is 14.2. The number of hydrogen-bond donors (Lipinski definition) is 1. The van der Waals surface area contributed by atoms with Crippen LogP contribution in [0, 0.1) is 17.8 Å². The summed E-state index contributed by atoms with van der Waals surface area (Å²) in [5.74, 6) is -0.826. The lowest BCUT2D eigenvalue weighted by atomic mass is 9.53. The Labute approximate surface area is 115 Å². The second kappa shape index (κ2) is 4.11. The summed E-state index contributed by atoms with van der Waals surface area (Å²) in [4.78, 5) is 11.5. The third kappa shape index (κ3) is 2.12. The third-order valence-corrected chi connectivity index (χ3v) is 5.79. The van der Waals surface area contributed by atoms with Crippen molar-refractivity contribution >= 4 is 16.1 Å². The summed E-state index contributed by atoms with van der Waals surface area (Å²) < 4.78 is 59.8. The molecule has 4 rings (SSSR count). The lowest BCUT2D eigenvalue weighted by Crippen LogP contribution is -2.62. The minimum Gasteiger partial charge on any atom is -0.344 e. The molecule has 8 heteroatoms. The first-order valence-corrected chi connectivity index (χ1v) is 8.14. The molecule has 1 N–H and O–H groups in total. The normalized spacial score (nSPS) is 39.9. The zero-order valence-corrected chi connectivity index (χ0v) is 11.6. The molecule has 0 aromatic heterocycles. The second-order valence-corrected chi connectivity index (χ2v) is 8.00. The van der Waals surface area contributed by atoms with Gasteiger partial charge < -0.3 is 5.32 Å². The second-order valence-electron chi connectivity index (χ2n) is 6.61. The van der Waals surface area contributed by atoms with Crippen LogP contribution >= 0.6 is 0 Å². The number of alkyl halides is 2. The fraction of sp³-hybridized carbons (Fsp3) is 0.917. The van der Waals surface area contributed by atoms with E-state index in [4.69, 9.17) is 0 Å². The van der Waals surface area contributed by atoms with Gasteiger partial charge in [0.2, 0.25) is 0 Å². The molecular formula is C12H16F3NO3S. The number of amides is 1. The third-order valence-electron chi connectivity index (χ3n) is 4.99. The Morgan fingerprint density at radius 2 is 1.45 bits per heavy atom. The van der Waals surface area contributed by atoms with E-state index in [-0.39, 0.29) is 0 Å². The number of carbonyl (C=O) groups excluding carboxylic acids is 1. The van der Waals surface area contributed by atoms with Crippen molar-refractivity contribution in [3.8, 4) is 0 Å². The molecule has 0 radical (unpaired) electrons. The van der Waals surface area contributed by atoms with Crippen LogP contribution in [0.3, 0.4) is 0 Å². The molecule has 1 amide bonds. The van der Waals surface area contributed by atoms with Crippen LogP contribution in [0.5, 0.6) is 0 Å². The smallest absolute Gasteiger partial charge is 0.344 e. The van der Waals surface area contributed by atoms with Crippen LogP contribution in [0.25, 0.3) is 0 Å². The van der Waals surface area contributed by atoms with Crippen molar-refractivity contribution in [2.45, 2.75) is 49.3 Å². The fourth-order valence-corrected chi connectivity index (χ4v) is 4.96. The average Bonchev–Trinajstić information content (AvgIpc) is 2.24. The SMILES string of the molecule is O=C(NC12C[C@H]3C[C@@H](C1)C[C@@H](C2)C3)C(F)(F)S(=O)(=O)F. The van der Waals surface area contributed by atoms with E-state index in [9.17, 15) is 25.9 Å². The van der Waals surface area contributed by atoms with Crippen molar-refractivity contribution in [1.82, 2.24) is 5.32 Å². The highest BCUT2D eigenvalue weighted by Crippen LogP contribution is 2.55. The van der Waals surface area contributed by atoms with Gasteiger partial charge in [-0.05, 0) is 56.3 Å². The number of hydrogen-bond acceptors (Lipinski definition) is 3. The maximum atomic E-state index is 13.2. The molecule has 20 heavy (non-hydrogen) atoms. The van der Waals surface area contributed by atoms with Crippen LogP contribution < -0.4 is 5.32 Å². The zero-order valence-electron chi connectivity index (χ0n) is 10.7. The number of rotatable bonds is 3. The van der Waals surface area contributed by atoms with E-state index in [0.29, 0.717) is 37.0 Å². The molecule has 0 atom stereocenters. The van der Waals surface area contributed by atoms with Gasteiger partial charge in [-0.3, -0.25) is 4.79 Å². The minimum atomic E-state index is -6.23. The van der Waals surface area contributed by atoms with E-state index in [1.54, 1.807) is 0 Å². The Kier molecular flexibility index (Phi) is 2.91. The molecule has 4 saturated carbocycles. The number of halogens is 3. The maximum Gasteiger partial charge on any atom is 0.451 e. The van der Waals surface area contributed by atoms with Crippen molar-refractivity contribution in [2.24, 2.45) is 17.8 Å². The van der Waals surface area contributed by atoms with Gasteiger partial charge in [0.05, 0.1) is 0 Å². The van der Waals surface area contributed by atoms with E-state index < -0.39 is 26.9 Å². The van der Waals surface area contributed by atoms with Crippen molar-refractivity contribution in [3.05, 3.63) is 0 Å². The van der Waals surface area contributed by atoms with Crippen LogP contribution in [0.1, 0.15) is 38.5 Å². The molecule has 4 fully saturated rings. The fourth-order valence-electron chi connectivity index (χ4n) is 4.69. The van der Waals surface area contributed by atoms with E-state index in [0.717, 1.165) is 19.3 Å². The molecule has 0 unspecified atom stereocenters. The predicted octanol–water partition coefficient (Wildman–Crippen LogP) is 1.96. The summed E-state index contributed by atoms with van der Waals surface area (Å²) in [5, 5.41) is -2.84. The highest BCUT2D eigenvalue weighted by atomic mass is 32.3. The molecule has 0 heterocycles. The van der Waals surface area contributed by atoms with E-state index in [1.807, 2.05) is 0 Å². The Morgan fingerprint density at radius 3 is 1.80 bits per heavy atom. The number of nitrogens with one attached hydrogen (secondary N) is 1. The molecule has 0 aliphatic heterocycles. The molecule has 4 aliphatic rings. The Bertz CT molecular complexity index is 511. The standard InChI is InChI=1S/C12H16F3NO3S/c13-12(14,20(15,18)19)10(17)16-11-4-7-1-8(5-11)3-9(2-7)6-11/h7-9H,1-6H2,(H,16,17)/t7-,8+,9-,11?. The lowest BCUT2D eigenvalue weighted by molar-refractivity contribution is -0.141. The largest absolute Gasteiger partial charge is 0.451 e. The first-order valence-electron chi connectivity index (χ1n) is 6.76. The monoisotopic (exact) mass is 311 g/mol. The van der Waals surface area contributed by atoms with Crippen LogP contribution in [-0.2, 0) is 15.0 Å². The number of carbonyl (C=O) groups is 1. The molecule has 0 spiro atoms. The van der Waals surface area contributed by atoms with Crippen LogP contribution in [0.15, 0.2) is 0 Å². The van der Waals surface area contributed by atoms with E-state index in [1.165, 1.54) is 0 Å². The summed E-state index contributed by atoms with van der Waals surface area (Å²) in [6.07, 6.45) is 4.92. The Balaban J connectivity index is 1.80. The summed E-state index contributed by atoms with van der Waals surface area (Å²) in [6, 6.07) is 0.